The number of hydrogen-bond donors (Lipinski definition) is 2. The predicted molar refractivity (Wildman–Crippen MR) is 120 cm³/mol. The highest BCUT2D eigenvalue weighted by Crippen LogP contribution is 2.62. The minimum Gasteiger partial charge on any atom is -0.320 e. The Kier molecular flexibility index (Phi) is 6.54. The molecular formula is C25H26F4N4O. The van der Waals surface area contributed by atoms with Crippen molar-refractivity contribution in [1.82, 2.24) is 10.2 Å². The maximum absolute atomic E-state index is 13.6. The highest BCUT2D eigenvalue weighted by Gasteiger charge is 2.58. The van der Waals surface area contributed by atoms with Gasteiger partial charge in [0.25, 0.3) is 0 Å². The van der Waals surface area contributed by atoms with E-state index < -0.39 is 23.6 Å². The van der Waals surface area contributed by atoms with E-state index in [9.17, 15) is 27.6 Å². The van der Waals surface area contributed by atoms with Gasteiger partial charge in [0, 0.05) is 24.8 Å². The third-order valence-electron chi connectivity index (χ3n) is 7.11. The number of alkyl halides is 3. The van der Waals surface area contributed by atoms with E-state index in [1.165, 1.54) is 0 Å². The predicted octanol–water partition coefficient (Wildman–Crippen LogP) is 5.28. The van der Waals surface area contributed by atoms with Crippen LogP contribution in [0.3, 0.4) is 0 Å². The van der Waals surface area contributed by atoms with Crippen molar-refractivity contribution < 1.29 is 22.4 Å². The zero-order valence-electron chi connectivity index (χ0n) is 18.8. The lowest BCUT2D eigenvalue weighted by molar-refractivity contribution is -0.139. The molecule has 0 spiro atoms. The normalized spacial score (nSPS) is 23.5. The third kappa shape index (κ3) is 4.73. The van der Waals surface area contributed by atoms with Crippen LogP contribution in [0.4, 0.5) is 28.0 Å². The summed E-state index contributed by atoms with van der Waals surface area (Å²) < 4.78 is 52.8. The number of anilines is 1. The van der Waals surface area contributed by atoms with Crippen molar-refractivity contribution in [2.45, 2.75) is 43.3 Å². The van der Waals surface area contributed by atoms with Crippen LogP contribution in [0, 0.1) is 23.1 Å². The first kappa shape index (κ1) is 24.0. The fraction of sp³-hybridized carbons (Fsp3) is 0.440. The molecular weight excluding hydrogens is 448 g/mol. The number of carbonyl (C=O) groups is 1. The monoisotopic (exact) mass is 474 g/mol. The minimum atomic E-state index is -4.85. The number of likely N-dealkylation sites (N-methyl/N-ethyl adjacent to an activating group) is 1. The van der Waals surface area contributed by atoms with Crippen LogP contribution in [0.15, 0.2) is 42.5 Å². The Bertz CT molecular complexity index is 1110. The number of fused-ring (bicyclic) bond motifs is 1. The van der Waals surface area contributed by atoms with Crippen molar-refractivity contribution in [3.63, 3.8) is 0 Å². The summed E-state index contributed by atoms with van der Waals surface area (Å²) >= 11 is 0. The molecule has 2 aliphatic rings. The standard InChI is InChI=1S/C25H26F4N4O/c1-31-9-10-33(23(34)32-19-5-6-22(26)21(13-19)25(27,28)29)20-7-8-24(14-18(24)12-20)17-4-2-3-16(11-17)15-30/h2-6,11,13,18,20,31H,7-10,12,14H2,1H3,(H,32,34)/t18?,20-,24-/m1/s1. The summed E-state index contributed by atoms with van der Waals surface area (Å²) in [5.74, 6) is -0.997. The molecule has 4 rings (SSSR count). The molecule has 3 atom stereocenters. The van der Waals surface area contributed by atoms with Crippen molar-refractivity contribution in [2.24, 2.45) is 5.92 Å². The van der Waals surface area contributed by atoms with E-state index in [0.717, 1.165) is 37.3 Å². The molecule has 5 nitrogen and oxygen atoms in total. The number of carbonyl (C=O) groups excluding carboxylic acids is 1. The van der Waals surface area contributed by atoms with E-state index in [0.29, 0.717) is 36.7 Å². The van der Waals surface area contributed by atoms with Gasteiger partial charge in [-0.1, -0.05) is 12.1 Å². The number of benzene rings is 2. The van der Waals surface area contributed by atoms with E-state index in [4.69, 9.17) is 0 Å². The van der Waals surface area contributed by atoms with Crippen LogP contribution < -0.4 is 10.6 Å². The van der Waals surface area contributed by atoms with Gasteiger partial charge in [-0.15, -0.1) is 0 Å². The first-order valence-corrected chi connectivity index (χ1v) is 11.3. The molecule has 2 aromatic carbocycles. The maximum Gasteiger partial charge on any atom is 0.419 e. The summed E-state index contributed by atoms with van der Waals surface area (Å²) in [5.41, 5.74) is 0.317. The molecule has 2 aliphatic carbocycles. The zero-order chi connectivity index (χ0) is 24.5. The number of amides is 2. The van der Waals surface area contributed by atoms with Crippen LogP contribution in [0.2, 0.25) is 0 Å². The van der Waals surface area contributed by atoms with Gasteiger partial charge in [0.15, 0.2) is 0 Å². The number of halogens is 4. The van der Waals surface area contributed by atoms with E-state index in [1.807, 2.05) is 12.1 Å². The molecule has 2 N–H and O–H groups in total. The van der Waals surface area contributed by atoms with E-state index in [2.05, 4.69) is 22.8 Å². The summed E-state index contributed by atoms with van der Waals surface area (Å²) in [6.07, 6.45) is -1.45. The molecule has 2 saturated carbocycles. The Balaban J connectivity index is 1.48. The summed E-state index contributed by atoms with van der Waals surface area (Å²) in [6, 6.07) is 11.8. The lowest BCUT2D eigenvalue weighted by atomic mass is 9.80. The van der Waals surface area contributed by atoms with Crippen LogP contribution in [0.1, 0.15) is 42.4 Å². The summed E-state index contributed by atoms with van der Waals surface area (Å²) in [4.78, 5) is 14.8. The summed E-state index contributed by atoms with van der Waals surface area (Å²) in [6.45, 7) is 0.922. The Labute approximate surface area is 195 Å². The lowest BCUT2D eigenvalue weighted by Gasteiger charge is -2.37. The van der Waals surface area contributed by atoms with E-state index in [1.54, 1.807) is 18.0 Å². The molecule has 0 saturated heterocycles. The van der Waals surface area contributed by atoms with Gasteiger partial charge in [-0.25, -0.2) is 9.18 Å². The molecule has 2 fully saturated rings. The average molecular weight is 475 g/mol. The molecule has 0 bridgehead atoms. The van der Waals surface area contributed by atoms with Crippen molar-refractivity contribution in [2.75, 3.05) is 25.5 Å². The highest BCUT2D eigenvalue weighted by molar-refractivity contribution is 5.89. The minimum absolute atomic E-state index is 0.0348. The number of nitrogens with one attached hydrogen (secondary N) is 2. The van der Waals surface area contributed by atoms with Gasteiger partial charge in [0.05, 0.1) is 17.2 Å². The molecule has 0 aliphatic heterocycles. The van der Waals surface area contributed by atoms with Crippen LogP contribution in [0.5, 0.6) is 0 Å². The molecule has 0 heterocycles. The topological polar surface area (TPSA) is 68.2 Å². The Morgan fingerprint density at radius 1 is 1.26 bits per heavy atom. The number of urea groups is 1. The second kappa shape index (κ2) is 9.26. The number of nitriles is 1. The summed E-state index contributed by atoms with van der Waals surface area (Å²) in [5, 5.41) is 14.8. The van der Waals surface area contributed by atoms with Gasteiger partial charge in [0.2, 0.25) is 0 Å². The second-order valence-corrected chi connectivity index (χ2v) is 9.10. The van der Waals surface area contributed by atoms with Gasteiger partial charge in [-0.2, -0.15) is 18.4 Å². The van der Waals surface area contributed by atoms with Gasteiger partial charge >= 0.3 is 12.2 Å². The molecule has 2 amide bonds. The molecule has 34 heavy (non-hydrogen) atoms. The number of nitrogens with zero attached hydrogens (tertiary/aromatic N) is 2. The van der Waals surface area contributed by atoms with E-state index >= 15 is 0 Å². The highest BCUT2D eigenvalue weighted by atomic mass is 19.4. The Hall–Kier alpha value is -3.12. The van der Waals surface area contributed by atoms with Crippen molar-refractivity contribution >= 4 is 11.7 Å². The third-order valence-corrected chi connectivity index (χ3v) is 7.11. The quantitative estimate of drug-likeness (QED) is 0.560. The number of rotatable bonds is 6. The fourth-order valence-corrected chi connectivity index (χ4v) is 5.24. The van der Waals surface area contributed by atoms with E-state index in [-0.39, 0.29) is 17.1 Å². The number of hydrogen-bond acceptors (Lipinski definition) is 3. The van der Waals surface area contributed by atoms with Gasteiger partial charge in [-0.05, 0) is 80.0 Å². The molecule has 0 aromatic heterocycles. The van der Waals surface area contributed by atoms with Crippen LogP contribution >= 0.6 is 0 Å². The van der Waals surface area contributed by atoms with Gasteiger partial charge in [0.1, 0.15) is 5.82 Å². The smallest absolute Gasteiger partial charge is 0.320 e. The van der Waals surface area contributed by atoms with Crippen molar-refractivity contribution in [1.29, 1.82) is 5.26 Å². The molecule has 180 valence electrons. The maximum atomic E-state index is 13.6. The van der Waals surface area contributed by atoms with Crippen LogP contribution in [-0.4, -0.2) is 37.1 Å². The second-order valence-electron chi connectivity index (χ2n) is 9.10. The first-order valence-electron chi connectivity index (χ1n) is 11.3. The van der Waals surface area contributed by atoms with Gasteiger partial charge in [-0.3, -0.25) is 0 Å². The van der Waals surface area contributed by atoms with Gasteiger partial charge < -0.3 is 15.5 Å². The van der Waals surface area contributed by atoms with Crippen LogP contribution in [-0.2, 0) is 11.6 Å². The fourth-order valence-electron chi connectivity index (χ4n) is 5.24. The molecule has 2 aromatic rings. The molecule has 0 radical (unpaired) electrons. The Morgan fingerprint density at radius 2 is 2.06 bits per heavy atom. The zero-order valence-corrected chi connectivity index (χ0v) is 18.8. The average Bonchev–Trinajstić information content (AvgIpc) is 3.55. The largest absolute Gasteiger partial charge is 0.419 e. The first-order chi connectivity index (χ1) is 16.2. The lowest BCUT2D eigenvalue weighted by Crippen LogP contribution is -2.47. The van der Waals surface area contributed by atoms with Crippen LogP contribution in [0.25, 0.3) is 0 Å². The van der Waals surface area contributed by atoms with Crippen molar-refractivity contribution in [3.05, 3.63) is 65.0 Å². The molecule has 9 heteroatoms. The van der Waals surface area contributed by atoms with Crippen molar-refractivity contribution in [3.8, 4) is 6.07 Å². The molecule has 1 unspecified atom stereocenters. The Morgan fingerprint density at radius 3 is 2.74 bits per heavy atom. The SMILES string of the molecule is CNCCN(C(=O)Nc1ccc(F)c(C(F)(F)F)c1)[C@@H]1CC[C@]2(c3cccc(C#N)c3)CC2C1. The summed E-state index contributed by atoms with van der Waals surface area (Å²) in [7, 11) is 1.76.